The third-order valence-corrected chi connectivity index (χ3v) is 6.83. The maximum Gasteiger partial charge on any atom is 0.328 e. The van der Waals surface area contributed by atoms with E-state index in [4.69, 9.17) is 31.5 Å². The van der Waals surface area contributed by atoms with Crippen molar-refractivity contribution in [1.29, 1.82) is 0 Å². The monoisotopic (exact) mass is 560 g/mol. The molecule has 0 atom stereocenters. The fourth-order valence-electron chi connectivity index (χ4n) is 4.80. The van der Waals surface area contributed by atoms with E-state index in [2.05, 4.69) is 9.97 Å². The second kappa shape index (κ2) is 13.0. The Morgan fingerprint density at radius 3 is 2.17 bits per heavy atom. The van der Waals surface area contributed by atoms with Crippen LogP contribution in [-0.4, -0.2) is 59.2 Å². The van der Waals surface area contributed by atoms with Crippen molar-refractivity contribution in [2.75, 3.05) is 12.3 Å². The van der Waals surface area contributed by atoms with Crippen molar-refractivity contribution in [3.8, 4) is 22.8 Å². The first-order valence-corrected chi connectivity index (χ1v) is 13.1. The standard InChI is InChI=1S/C25H28N6O2.C4H4O4/c26-15-14-25(32)12-10-18(11-13-25)31-24-21(23(27)28-16-29-24)22(30-31)17-6-8-20(9-7-17)33-19-4-2-1-3-5-19;5-3(6)1-2-4(7)8/h1-9,16,18,32H,10-15,26H2,(H2,27,28,29);1-2H,(H,5,6)(H,7,8). The Kier molecular flexibility index (Phi) is 9.27. The highest BCUT2D eigenvalue weighted by Crippen LogP contribution is 2.40. The topological polar surface area (TPSA) is 200 Å². The molecule has 1 aliphatic rings. The van der Waals surface area contributed by atoms with Gasteiger partial charge in [0.15, 0.2) is 5.65 Å². The molecular formula is C29H32N6O6. The highest BCUT2D eigenvalue weighted by Gasteiger charge is 2.34. The Morgan fingerprint density at radius 1 is 0.976 bits per heavy atom. The summed E-state index contributed by atoms with van der Waals surface area (Å²) in [6.07, 6.45) is 6.21. The number of carboxylic acid groups (broad SMARTS) is 2. The van der Waals surface area contributed by atoms with Gasteiger partial charge in [0.25, 0.3) is 0 Å². The molecule has 1 saturated carbocycles. The number of rotatable bonds is 8. The van der Waals surface area contributed by atoms with Crippen LogP contribution in [0.15, 0.2) is 73.1 Å². The molecule has 41 heavy (non-hydrogen) atoms. The summed E-state index contributed by atoms with van der Waals surface area (Å²) in [5, 5.41) is 32.1. The molecule has 0 unspecified atom stereocenters. The van der Waals surface area contributed by atoms with Crippen molar-refractivity contribution < 1.29 is 29.6 Å². The van der Waals surface area contributed by atoms with Crippen LogP contribution in [0.1, 0.15) is 38.1 Å². The SMILES string of the molecule is NCCC1(O)CCC(n2nc(-c3ccc(Oc4ccccc4)cc3)c3c(N)ncnc32)CC1.O=C(O)C=CC(=O)O. The first-order chi connectivity index (χ1) is 19.7. The number of aliphatic hydroxyl groups is 1. The second-order valence-corrected chi connectivity index (χ2v) is 9.69. The lowest BCUT2D eigenvalue weighted by molar-refractivity contribution is -0.134. The zero-order valence-corrected chi connectivity index (χ0v) is 22.3. The largest absolute Gasteiger partial charge is 0.478 e. The van der Waals surface area contributed by atoms with E-state index in [9.17, 15) is 14.7 Å². The van der Waals surface area contributed by atoms with E-state index in [1.807, 2.05) is 59.3 Å². The first kappa shape index (κ1) is 29.2. The second-order valence-electron chi connectivity index (χ2n) is 9.69. The summed E-state index contributed by atoms with van der Waals surface area (Å²) in [6.45, 7) is 0.490. The normalized spacial score (nSPS) is 18.5. The Hall–Kier alpha value is -4.81. The van der Waals surface area contributed by atoms with Crippen LogP contribution in [0.25, 0.3) is 22.3 Å². The Morgan fingerprint density at radius 2 is 1.59 bits per heavy atom. The number of nitrogens with zero attached hydrogens (tertiary/aromatic N) is 4. The van der Waals surface area contributed by atoms with Crippen molar-refractivity contribution >= 4 is 28.8 Å². The zero-order valence-electron chi connectivity index (χ0n) is 22.3. The van der Waals surface area contributed by atoms with Gasteiger partial charge in [-0.25, -0.2) is 24.2 Å². The van der Waals surface area contributed by atoms with Gasteiger partial charge in [-0.15, -0.1) is 0 Å². The summed E-state index contributed by atoms with van der Waals surface area (Å²) < 4.78 is 7.87. The van der Waals surface area contributed by atoms with Crippen molar-refractivity contribution in [1.82, 2.24) is 19.7 Å². The fourth-order valence-corrected chi connectivity index (χ4v) is 4.80. The number of ether oxygens (including phenoxy) is 1. The number of nitrogens with two attached hydrogens (primary N) is 2. The summed E-state index contributed by atoms with van der Waals surface area (Å²) in [6, 6.07) is 17.6. The molecule has 0 radical (unpaired) electrons. The van der Waals surface area contributed by atoms with Gasteiger partial charge in [-0.3, -0.25) is 0 Å². The van der Waals surface area contributed by atoms with Gasteiger partial charge in [0.2, 0.25) is 0 Å². The highest BCUT2D eigenvalue weighted by molar-refractivity contribution is 5.98. The van der Waals surface area contributed by atoms with Crippen molar-refractivity contribution in [3.63, 3.8) is 0 Å². The van der Waals surface area contributed by atoms with Gasteiger partial charge in [-0.05, 0) is 75.0 Å². The van der Waals surface area contributed by atoms with E-state index in [0.717, 1.165) is 46.6 Å². The van der Waals surface area contributed by atoms with E-state index >= 15 is 0 Å². The van der Waals surface area contributed by atoms with Gasteiger partial charge in [0, 0.05) is 17.7 Å². The molecule has 0 spiro atoms. The van der Waals surface area contributed by atoms with Gasteiger partial charge in [0.1, 0.15) is 29.3 Å². The number of hydrogen-bond donors (Lipinski definition) is 5. The predicted molar refractivity (Wildman–Crippen MR) is 152 cm³/mol. The smallest absolute Gasteiger partial charge is 0.328 e. The molecule has 7 N–H and O–H groups in total. The number of nitrogen functional groups attached to an aromatic ring is 1. The van der Waals surface area contributed by atoms with Crippen LogP contribution in [0, 0.1) is 0 Å². The van der Waals surface area contributed by atoms with Gasteiger partial charge in [0.05, 0.1) is 17.0 Å². The minimum absolute atomic E-state index is 0.134. The van der Waals surface area contributed by atoms with Gasteiger partial charge < -0.3 is 31.5 Å². The molecule has 0 saturated heterocycles. The molecule has 2 heterocycles. The molecule has 1 aliphatic carbocycles. The summed E-state index contributed by atoms with van der Waals surface area (Å²) in [5.74, 6) is -0.588. The van der Waals surface area contributed by atoms with Crippen molar-refractivity contribution in [2.45, 2.75) is 43.7 Å². The van der Waals surface area contributed by atoms with Crippen molar-refractivity contribution in [2.24, 2.45) is 5.73 Å². The molecular weight excluding hydrogens is 528 g/mol. The highest BCUT2D eigenvalue weighted by atomic mass is 16.5. The van der Waals surface area contributed by atoms with Crippen LogP contribution in [0.2, 0.25) is 0 Å². The molecule has 0 aliphatic heterocycles. The lowest BCUT2D eigenvalue weighted by Gasteiger charge is -2.36. The van der Waals surface area contributed by atoms with Crippen molar-refractivity contribution in [3.05, 3.63) is 73.1 Å². The Labute approximate surface area is 235 Å². The van der Waals surface area contributed by atoms with Gasteiger partial charge in [-0.2, -0.15) is 5.10 Å². The molecule has 2 aromatic heterocycles. The number of aromatic nitrogens is 4. The van der Waals surface area contributed by atoms with Gasteiger partial charge >= 0.3 is 11.9 Å². The summed E-state index contributed by atoms with van der Waals surface area (Å²) in [5.41, 5.74) is 13.7. The Bertz CT molecular complexity index is 1500. The van der Waals surface area contributed by atoms with E-state index in [1.165, 1.54) is 6.33 Å². The molecule has 5 rings (SSSR count). The number of carboxylic acids is 2. The number of para-hydroxylation sites is 1. The summed E-state index contributed by atoms with van der Waals surface area (Å²) >= 11 is 0. The maximum absolute atomic E-state index is 10.7. The molecule has 0 amide bonds. The van der Waals surface area contributed by atoms with Crippen LogP contribution in [0.4, 0.5) is 5.82 Å². The maximum atomic E-state index is 10.7. The van der Waals surface area contributed by atoms with E-state index in [1.54, 1.807) is 0 Å². The van der Waals surface area contributed by atoms with Crippen LogP contribution in [0.3, 0.4) is 0 Å². The predicted octanol–water partition coefficient (Wildman–Crippen LogP) is 3.77. The average molecular weight is 561 g/mol. The fraction of sp³-hybridized carbons (Fsp3) is 0.276. The quantitative estimate of drug-likeness (QED) is 0.196. The molecule has 12 nitrogen and oxygen atoms in total. The summed E-state index contributed by atoms with van der Waals surface area (Å²) in [7, 11) is 0. The third kappa shape index (κ3) is 7.44. The minimum atomic E-state index is -1.26. The van der Waals surface area contributed by atoms with Crippen LogP contribution >= 0.6 is 0 Å². The van der Waals surface area contributed by atoms with Gasteiger partial charge in [-0.1, -0.05) is 18.2 Å². The molecule has 4 aromatic rings. The Balaban J connectivity index is 0.000000426. The molecule has 214 valence electrons. The van der Waals surface area contributed by atoms with Crippen LogP contribution in [-0.2, 0) is 9.59 Å². The number of aliphatic carboxylic acids is 2. The molecule has 12 heteroatoms. The molecule has 1 fully saturated rings. The number of fused-ring (bicyclic) bond motifs is 1. The zero-order chi connectivity index (χ0) is 29.4. The number of benzene rings is 2. The number of anilines is 1. The van der Waals surface area contributed by atoms with E-state index < -0.39 is 17.5 Å². The number of hydrogen-bond acceptors (Lipinski definition) is 9. The third-order valence-electron chi connectivity index (χ3n) is 6.83. The summed E-state index contributed by atoms with van der Waals surface area (Å²) in [4.78, 5) is 27.8. The van der Waals surface area contributed by atoms with Crippen LogP contribution in [0.5, 0.6) is 11.5 Å². The number of carbonyl (C=O) groups is 2. The lowest BCUT2D eigenvalue weighted by Crippen LogP contribution is -2.36. The lowest BCUT2D eigenvalue weighted by atomic mass is 9.80. The van der Waals surface area contributed by atoms with E-state index in [0.29, 0.717) is 43.8 Å². The molecule has 2 aromatic carbocycles. The molecule has 0 bridgehead atoms. The first-order valence-electron chi connectivity index (χ1n) is 13.1. The van der Waals surface area contributed by atoms with Crippen LogP contribution < -0.4 is 16.2 Å². The average Bonchev–Trinajstić information content (AvgIpc) is 3.35. The minimum Gasteiger partial charge on any atom is -0.478 e. The van der Waals surface area contributed by atoms with E-state index in [-0.39, 0.29) is 6.04 Å².